The summed E-state index contributed by atoms with van der Waals surface area (Å²) < 4.78 is 5.55. The topological polar surface area (TPSA) is 29.5 Å². The summed E-state index contributed by atoms with van der Waals surface area (Å²) in [5.41, 5.74) is 1.26. The van der Waals surface area contributed by atoms with Gasteiger partial charge in [0.25, 0.3) is 0 Å². The standard InChI is InChI=1S/C24H36O2/c1-5-6-12-24(25)15-11-21-19-8-7-17-16-18(26-4)9-13-22(17,2)20(19)10-14-23(21,24)3/h6-7,12,16,19-21,25H,5,8-11,13-15H2,1-4H3/t19?,20?,21?,22-,23-,24-/m0/s1. The summed E-state index contributed by atoms with van der Waals surface area (Å²) in [5, 5.41) is 11.5. The van der Waals surface area contributed by atoms with Crippen LogP contribution in [0.3, 0.4) is 0 Å². The van der Waals surface area contributed by atoms with Gasteiger partial charge in [0.1, 0.15) is 0 Å². The molecule has 144 valence electrons. The van der Waals surface area contributed by atoms with E-state index in [2.05, 4.69) is 45.1 Å². The van der Waals surface area contributed by atoms with Gasteiger partial charge in [-0.1, -0.05) is 39.0 Å². The van der Waals surface area contributed by atoms with E-state index in [9.17, 15) is 5.11 Å². The number of rotatable bonds is 3. The van der Waals surface area contributed by atoms with Gasteiger partial charge in [-0.15, -0.1) is 0 Å². The molecular weight excluding hydrogens is 320 g/mol. The van der Waals surface area contributed by atoms with Crippen LogP contribution in [0.25, 0.3) is 0 Å². The molecule has 0 bridgehead atoms. The lowest BCUT2D eigenvalue weighted by Gasteiger charge is -2.57. The van der Waals surface area contributed by atoms with E-state index in [-0.39, 0.29) is 5.41 Å². The molecular formula is C24H36O2. The molecule has 1 N–H and O–H groups in total. The molecule has 0 saturated heterocycles. The third kappa shape index (κ3) is 2.40. The average molecular weight is 357 g/mol. The Morgan fingerprint density at radius 1 is 1.19 bits per heavy atom. The Morgan fingerprint density at radius 3 is 2.69 bits per heavy atom. The summed E-state index contributed by atoms with van der Waals surface area (Å²) >= 11 is 0. The van der Waals surface area contributed by atoms with Gasteiger partial charge in [-0.2, -0.15) is 0 Å². The maximum atomic E-state index is 11.5. The predicted octanol–water partition coefficient (Wildman–Crippen LogP) is 5.79. The Hall–Kier alpha value is -1.02. The van der Waals surface area contributed by atoms with Crippen LogP contribution in [0.4, 0.5) is 0 Å². The number of aliphatic hydroxyl groups is 1. The third-order valence-electron chi connectivity index (χ3n) is 8.84. The van der Waals surface area contributed by atoms with E-state index in [0.717, 1.165) is 43.3 Å². The van der Waals surface area contributed by atoms with Crippen LogP contribution in [-0.2, 0) is 4.74 Å². The first-order chi connectivity index (χ1) is 12.4. The van der Waals surface area contributed by atoms with E-state index in [1.165, 1.54) is 31.3 Å². The van der Waals surface area contributed by atoms with Crippen molar-refractivity contribution in [2.75, 3.05) is 7.11 Å². The molecule has 0 spiro atoms. The van der Waals surface area contributed by atoms with E-state index in [4.69, 9.17) is 4.74 Å². The highest BCUT2D eigenvalue weighted by molar-refractivity contribution is 5.36. The summed E-state index contributed by atoms with van der Waals surface area (Å²) in [4.78, 5) is 0. The minimum atomic E-state index is -0.598. The lowest BCUT2D eigenvalue weighted by atomic mass is 9.47. The SMILES string of the molecule is CCC=C[C@]1(O)CCC2C3CC=C4C=C(OC)CC[C@]4(C)C3CC[C@@]21C. The molecule has 2 fully saturated rings. The first-order valence-electron chi connectivity index (χ1n) is 10.7. The molecule has 3 unspecified atom stereocenters. The fourth-order valence-electron chi connectivity index (χ4n) is 7.10. The van der Waals surface area contributed by atoms with Crippen LogP contribution < -0.4 is 0 Å². The first kappa shape index (κ1) is 18.3. The minimum Gasteiger partial charge on any atom is -0.501 e. The van der Waals surface area contributed by atoms with Crippen molar-refractivity contribution in [3.8, 4) is 0 Å². The Morgan fingerprint density at radius 2 is 1.96 bits per heavy atom. The molecule has 2 nitrogen and oxygen atoms in total. The van der Waals surface area contributed by atoms with Crippen LogP contribution in [0.15, 0.2) is 35.6 Å². The number of hydrogen-bond acceptors (Lipinski definition) is 2. The second-order valence-electron chi connectivity index (χ2n) is 9.73. The lowest BCUT2D eigenvalue weighted by molar-refractivity contribution is -0.0970. The van der Waals surface area contributed by atoms with Crippen molar-refractivity contribution in [1.82, 2.24) is 0 Å². The molecule has 0 radical (unpaired) electrons. The zero-order chi connectivity index (χ0) is 18.6. The Labute approximate surface area is 159 Å². The van der Waals surface area contributed by atoms with E-state index >= 15 is 0 Å². The molecule has 0 aromatic carbocycles. The number of fused-ring (bicyclic) bond motifs is 5. The fourth-order valence-corrected chi connectivity index (χ4v) is 7.10. The smallest absolute Gasteiger partial charge is 0.0958 e. The van der Waals surface area contributed by atoms with Gasteiger partial charge in [-0.05, 0) is 79.8 Å². The molecule has 4 aliphatic carbocycles. The van der Waals surface area contributed by atoms with Crippen molar-refractivity contribution < 1.29 is 9.84 Å². The van der Waals surface area contributed by atoms with Crippen molar-refractivity contribution >= 4 is 0 Å². The van der Waals surface area contributed by atoms with Crippen molar-refractivity contribution in [1.29, 1.82) is 0 Å². The van der Waals surface area contributed by atoms with Gasteiger partial charge in [0.2, 0.25) is 0 Å². The second kappa shape index (κ2) is 6.26. The van der Waals surface area contributed by atoms with E-state index in [1.807, 2.05) is 0 Å². The number of methoxy groups -OCH3 is 1. The summed E-state index contributed by atoms with van der Waals surface area (Å²) in [5.74, 6) is 3.28. The van der Waals surface area contributed by atoms with Gasteiger partial charge in [-0.3, -0.25) is 0 Å². The number of allylic oxidation sites excluding steroid dienone is 5. The van der Waals surface area contributed by atoms with Gasteiger partial charge >= 0.3 is 0 Å². The van der Waals surface area contributed by atoms with Gasteiger partial charge in [-0.25, -0.2) is 0 Å². The first-order valence-corrected chi connectivity index (χ1v) is 10.7. The van der Waals surface area contributed by atoms with Crippen LogP contribution in [0.2, 0.25) is 0 Å². The zero-order valence-corrected chi connectivity index (χ0v) is 17.1. The molecule has 0 heterocycles. The van der Waals surface area contributed by atoms with Crippen LogP contribution in [0.5, 0.6) is 0 Å². The maximum Gasteiger partial charge on any atom is 0.0958 e. The quantitative estimate of drug-likeness (QED) is 0.649. The Bertz CT molecular complexity index is 659. The van der Waals surface area contributed by atoms with Crippen molar-refractivity contribution in [3.63, 3.8) is 0 Å². The Balaban J connectivity index is 1.66. The number of hydrogen-bond donors (Lipinski definition) is 1. The summed E-state index contributed by atoms with van der Waals surface area (Å²) in [7, 11) is 1.80. The van der Waals surface area contributed by atoms with Gasteiger partial charge in [0, 0.05) is 11.8 Å². The van der Waals surface area contributed by atoms with Gasteiger partial charge in [0.05, 0.1) is 18.5 Å². The van der Waals surface area contributed by atoms with Crippen molar-refractivity contribution in [3.05, 3.63) is 35.6 Å². The van der Waals surface area contributed by atoms with E-state index < -0.39 is 5.60 Å². The number of ether oxygens (including phenoxy) is 1. The van der Waals surface area contributed by atoms with Gasteiger partial charge in [0.15, 0.2) is 0 Å². The molecule has 26 heavy (non-hydrogen) atoms. The maximum absolute atomic E-state index is 11.5. The molecule has 0 amide bonds. The molecule has 4 rings (SSSR count). The normalized spacial score (nSPS) is 47.7. The molecule has 6 atom stereocenters. The van der Waals surface area contributed by atoms with E-state index in [1.54, 1.807) is 7.11 Å². The molecule has 0 aromatic rings. The second-order valence-corrected chi connectivity index (χ2v) is 9.73. The fraction of sp³-hybridized carbons (Fsp3) is 0.750. The van der Waals surface area contributed by atoms with Crippen molar-refractivity contribution in [2.24, 2.45) is 28.6 Å². The lowest BCUT2D eigenvalue weighted by Crippen LogP contribution is -2.53. The predicted molar refractivity (Wildman–Crippen MR) is 107 cm³/mol. The van der Waals surface area contributed by atoms with E-state index in [0.29, 0.717) is 11.3 Å². The summed E-state index contributed by atoms with van der Waals surface area (Å²) in [6.45, 7) is 7.04. The van der Waals surface area contributed by atoms with Crippen molar-refractivity contribution in [2.45, 2.75) is 77.7 Å². The molecule has 2 saturated carbocycles. The largest absolute Gasteiger partial charge is 0.501 e. The summed E-state index contributed by atoms with van der Waals surface area (Å²) in [6.07, 6.45) is 18.1. The highest BCUT2D eigenvalue weighted by atomic mass is 16.5. The van der Waals surface area contributed by atoms with Crippen LogP contribution in [-0.4, -0.2) is 17.8 Å². The Kier molecular flexibility index (Phi) is 4.42. The minimum absolute atomic E-state index is 0.0454. The summed E-state index contributed by atoms with van der Waals surface area (Å²) in [6, 6.07) is 0. The van der Waals surface area contributed by atoms with Crippen LogP contribution in [0.1, 0.15) is 72.1 Å². The zero-order valence-electron chi connectivity index (χ0n) is 17.1. The monoisotopic (exact) mass is 356 g/mol. The third-order valence-corrected chi connectivity index (χ3v) is 8.84. The highest BCUT2D eigenvalue weighted by Crippen LogP contribution is 2.67. The highest BCUT2D eigenvalue weighted by Gasteiger charge is 2.62. The average Bonchev–Trinajstić information content (AvgIpc) is 2.91. The van der Waals surface area contributed by atoms with Gasteiger partial charge < -0.3 is 9.84 Å². The molecule has 0 aromatic heterocycles. The molecule has 0 aliphatic heterocycles. The molecule has 2 heteroatoms. The molecule has 4 aliphatic rings. The van der Waals surface area contributed by atoms with Crippen LogP contribution >= 0.6 is 0 Å². The van der Waals surface area contributed by atoms with Crippen LogP contribution in [0, 0.1) is 28.6 Å².